The lowest BCUT2D eigenvalue weighted by atomic mass is 10.3. The number of ether oxygens (including phenoxy) is 1. The molecule has 76 valence electrons. The fraction of sp³-hybridized carbons (Fsp3) is 0.556. The van der Waals surface area contributed by atoms with Crippen molar-refractivity contribution in [3.05, 3.63) is 17.5 Å². The van der Waals surface area contributed by atoms with Gasteiger partial charge in [-0.15, -0.1) is 0 Å². The highest BCUT2D eigenvalue weighted by Crippen LogP contribution is 2.19. The van der Waals surface area contributed by atoms with E-state index in [-0.39, 0.29) is 0 Å². The molecule has 1 aliphatic rings. The van der Waals surface area contributed by atoms with E-state index in [0.717, 1.165) is 25.3 Å². The predicted octanol–water partition coefficient (Wildman–Crippen LogP) is 1.36. The second-order valence-electron chi connectivity index (χ2n) is 3.29. The van der Waals surface area contributed by atoms with Crippen molar-refractivity contribution in [1.82, 2.24) is 9.97 Å². The van der Waals surface area contributed by atoms with Crippen molar-refractivity contribution in [2.24, 2.45) is 0 Å². The summed E-state index contributed by atoms with van der Waals surface area (Å²) in [7, 11) is 1.73. The molecule has 0 aliphatic carbocycles. The quantitative estimate of drug-likeness (QED) is 0.744. The third-order valence-corrected chi connectivity index (χ3v) is 2.58. The molecule has 1 aromatic rings. The molecular weight excluding hydrogens is 202 g/mol. The topological polar surface area (TPSA) is 38.2 Å². The molecule has 5 heteroatoms. The molecule has 0 N–H and O–H groups in total. The summed E-state index contributed by atoms with van der Waals surface area (Å²) in [6.07, 6.45) is 4.60. The highest BCUT2D eigenvalue weighted by atomic mass is 35.5. The van der Waals surface area contributed by atoms with E-state index in [4.69, 9.17) is 16.3 Å². The zero-order valence-electron chi connectivity index (χ0n) is 7.98. The third kappa shape index (κ3) is 1.96. The van der Waals surface area contributed by atoms with E-state index in [2.05, 4.69) is 14.9 Å². The third-order valence-electron chi connectivity index (χ3n) is 2.39. The molecule has 1 fully saturated rings. The summed E-state index contributed by atoms with van der Waals surface area (Å²) in [6, 6.07) is 0. The number of hydrogen-bond donors (Lipinski definition) is 0. The minimum atomic E-state index is 0.302. The Morgan fingerprint density at radius 1 is 1.57 bits per heavy atom. The van der Waals surface area contributed by atoms with E-state index in [1.807, 2.05) is 0 Å². The minimum absolute atomic E-state index is 0.302. The maximum Gasteiger partial charge on any atom is 0.149 e. The van der Waals surface area contributed by atoms with Crippen molar-refractivity contribution in [3.8, 4) is 0 Å². The summed E-state index contributed by atoms with van der Waals surface area (Å²) >= 11 is 5.76. The number of nitrogens with zero attached hydrogens (tertiary/aromatic N) is 3. The molecule has 0 amide bonds. The van der Waals surface area contributed by atoms with Gasteiger partial charge < -0.3 is 9.64 Å². The largest absolute Gasteiger partial charge is 0.380 e. The molecule has 0 spiro atoms. The lowest BCUT2D eigenvalue weighted by Crippen LogP contribution is -2.23. The van der Waals surface area contributed by atoms with E-state index in [0.29, 0.717) is 11.3 Å². The Bertz CT molecular complexity index is 321. The van der Waals surface area contributed by atoms with Gasteiger partial charge in [0.1, 0.15) is 11.0 Å². The number of halogens is 1. The first-order chi connectivity index (χ1) is 6.79. The first-order valence-electron chi connectivity index (χ1n) is 4.55. The number of methoxy groups -OCH3 is 1. The number of aromatic nitrogens is 2. The van der Waals surface area contributed by atoms with Crippen LogP contribution < -0.4 is 4.90 Å². The Morgan fingerprint density at radius 2 is 2.43 bits per heavy atom. The highest BCUT2D eigenvalue weighted by molar-refractivity contribution is 6.29. The molecule has 0 aromatic carbocycles. The fourth-order valence-electron chi connectivity index (χ4n) is 1.61. The van der Waals surface area contributed by atoms with Crippen molar-refractivity contribution in [2.45, 2.75) is 12.5 Å². The lowest BCUT2D eigenvalue weighted by molar-refractivity contribution is 0.121. The second kappa shape index (κ2) is 4.11. The van der Waals surface area contributed by atoms with E-state index in [9.17, 15) is 0 Å². The Morgan fingerprint density at radius 3 is 3.07 bits per heavy atom. The van der Waals surface area contributed by atoms with Crippen molar-refractivity contribution >= 4 is 17.4 Å². The zero-order chi connectivity index (χ0) is 9.97. The van der Waals surface area contributed by atoms with E-state index in [1.165, 1.54) is 6.20 Å². The van der Waals surface area contributed by atoms with Crippen LogP contribution in [0.4, 0.5) is 5.82 Å². The van der Waals surface area contributed by atoms with Crippen LogP contribution in [0.2, 0.25) is 5.15 Å². The fourth-order valence-corrected chi connectivity index (χ4v) is 1.76. The van der Waals surface area contributed by atoms with Crippen LogP contribution in [0, 0.1) is 0 Å². The Balaban J connectivity index is 2.09. The molecule has 4 nitrogen and oxygen atoms in total. The molecule has 0 bridgehead atoms. The standard InChI is InChI=1S/C9H12ClN3O/c1-14-7-2-3-13(6-7)9-5-11-4-8(10)12-9/h4-5,7H,2-3,6H2,1H3. The molecule has 1 atom stereocenters. The van der Waals surface area contributed by atoms with E-state index in [1.54, 1.807) is 13.3 Å². The average molecular weight is 214 g/mol. The van der Waals surface area contributed by atoms with Crippen LogP contribution in [0.25, 0.3) is 0 Å². The van der Waals surface area contributed by atoms with Gasteiger partial charge in [-0.1, -0.05) is 11.6 Å². The average Bonchev–Trinajstić information content (AvgIpc) is 2.66. The minimum Gasteiger partial charge on any atom is -0.380 e. The lowest BCUT2D eigenvalue weighted by Gasteiger charge is -2.16. The van der Waals surface area contributed by atoms with Gasteiger partial charge in [0.05, 0.1) is 18.5 Å². The van der Waals surface area contributed by atoms with Gasteiger partial charge in [-0.3, -0.25) is 4.98 Å². The predicted molar refractivity (Wildman–Crippen MR) is 54.7 cm³/mol. The van der Waals surface area contributed by atoms with Crippen LogP contribution in [0.5, 0.6) is 0 Å². The van der Waals surface area contributed by atoms with Crippen LogP contribution >= 0.6 is 11.6 Å². The van der Waals surface area contributed by atoms with Gasteiger partial charge in [-0.25, -0.2) is 4.98 Å². The van der Waals surface area contributed by atoms with Crippen LogP contribution in [-0.2, 0) is 4.74 Å². The van der Waals surface area contributed by atoms with Crippen molar-refractivity contribution < 1.29 is 4.74 Å². The highest BCUT2D eigenvalue weighted by Gasteiger charge is 2.23. The van der Waals surface area contributed by atoms with Gasteiger partial charge in [0.15, 0.2) is 0 Å². The maximum atomic E-state index is 5.76. The van der Waals surface area contributed by atoms with Gasteiger partial charge in [-0.2, -0.15) is 0 Å². The molecule has 1 aliphatic heterocycles. The van der Waals surface area contributed by atoms with Crippen molar-refractivity contribution in [3.63, 3.8) is 0 Å². The zero-order valence-corrected chi connectivity index (χ0v) is 8.74. The molecular formula is C9H12ClN3O. The van der Waals surface area contributed by atoms with Crippen LogP contribution in [-0.4, -0.2) is 36.3 Å². The molecule has 0 saturated carbocycles. The molecule has 0 radical (unpaired) electrons. The van der Waals surface area contributed by atoms with Crippen LogP contribution in [0.15, 0.2) is 12.4 Å². The summed E-state index contributed by atoms with van der Waals surface area (Å²) < 4.78 is 5.27. The maximum absolute atomic E-state index is 5.76. The first kappa shape index (κ1) is 9.68. The van der Waals surface area contributed by atoms with E-state index < -0.39 is 0 Å². The van der Waals surface area contributed by atoms with Crippen molar-refractivity contribution in [2.75, 3.05) is 25.1 Å². The monoisotopic (exact) mass is 213 g/mol. The molecule has 1 unspecified atom stereocenters. The SMILES string of the molecule is COC1CCN(c2cncc(Cl)n2)C1. The Labute approximate surface area is 87.9 Å². The van der Waals surface area contributed by atoms with Gasteiger partial charge in [0, 0.05) is 20.2 Å². The number of hydrogen-bond acceptors (Lipinski definition) is 4. The van der Waals surface area contributed by atoms with E-state index >= 15 is 0 Å². The molecule has 2 rings (SSSR count). The first-order valence-corrected chi connectivity index (χ1v) is 4.92. The Kier molecular flexibility index (Phi) is 2.84. The normalized spacial score (nSPS) is 21.6. The van der Waals surface area contributed by atoms with Gasteiger partial charge >= 0.3 is 0 Å². The van der Waals surface area contributed by atoms with Gasteiger partial charge in [0.2, 0.25) is 0 Å². The smallest absolute Gasteiger partial charge is 0.149 e. The van der Waals surface area contributed by atoms with Crippen LogP contribution in [0.1, 0.15) is 6.42 Å². The number of anilines is 1. The summed E-state index contributed by atoms with van der Waals surface area (Å²) in [5.41, 5.74) is 0. The molecule has 14 heavy (non-hydrogen) atoms. The summed E-state index contributed by atoms with van der Waals surface area (Å²) in [6.45, 7) is 1.82. The molecule has 1 aromatic heterocycles. The molecule has 1 saturated heterocycles. The molecule has 2 heterocycles. The summed E-state index contributed by atoms with van der Waals surface area (Å²) in [5.74, 6) is 0.831. The Hall–Kier alpha value is -0.870. The van der Waals surface area contributed by atoms with Crippen molar-refractivity contribution in [1.29, 1.82) is 0 Å². The summed E-state index contributed by atoms with van der Waals surface area (Å²) in [4.78, 5) is 10.3. The van der Waals surface area contributed by atoms with Crippen LogP contribution in [0.3, 0.4) is 0 Å². The second-order valence-corrected chi connectivity index (χ2v) is 3.68. The van der Waals surface area contributed by atoms with Gasteiger partial charge in [0.25, 0.3) is 0 Å². The summed E-state index contributed by atoms with van der Waals surface area (Å²) in [5, 5.41) is 0.434. The van der Waals surface area contributed by atoms with Gasteiger partial charge in [-0.05, 0) is 6.42 Å². The number of rotatable bonds is 2.